The molecule has 1 aromatic carbocycles. The highest BCUT2D eigenvalue weighted by Crippen LogP contribution is 2.25. The smallest absolute Gasteiger partial charge is 0.176 e. The molecule has 1 N–H and O–H groups in total. The Kier molecular flexibility index (Phi) is 6.40. The second kappa shape index (κ2) is 8.30. The maximum absolute atomic E-state index is 12.4. The molecule has 0 radical (unpaired) electrons. The lowest BCUT2D eigenvalue weighted by molar-refractivity contribution is 0.0788. The van der Waals surface area contributed by atoms with E-state index in [1.54, 1.807) is 0 Å². The van der Waals surface area contributed by atoms with Crippen LogP contribution in [-0.2, 0) is 6.42 Å². The number of benzene rings is 1. The van der Waals surface area contributed by atoms with Gasteiger partial charge in [-0.25, -0.2) is 0 Å². The number of ketones is 1. The third-order valence-electron chi connectivity index (χ3n) is 4.36. The predicted octanol–water partition coefficient (Wildman–Crippen LogP) is 3.06. The Bertz CT molecular complexity index is 437. The van der Waals surface area contributed by atoms with Gasteiger partial charge in [-0.1, -0.05) is 44.0 Å². The lowest BCUT2D eigenvalue weighted by atomic mass is 9.91. The summed E-state index contributed by atoms with van der Waals surface area (Å²) in [6, 6.07) is 8.59. The van der Waals surface area contributed by atoms with Crippen molar-refractivity contribution in [1.82, 2.24) is 4.90 Å². The Balaban J connectivity index is 1.93. The number of carbonyl (C=O) groups excluding carboxylic acids is 1. The number of carbonyl (C=O) groups is 1. The lowest BCUT2D eigenvalue weighted by Gasteiger charge is -2.37. The van der Waals surface area contributed by atoms with E-state index in [9.17, 15) is 4.79 Å². The first-order valence-corrected chi connectivity index (χ1v) is 8.21. The summed E-state index contributed by atoms with van der Waals surface area (Å²) < 4.78 is 0. The van der Waals surface area contributed by atoms with Gasteiger partial charge in [0.15, 0.2) is 5.78 Å². The van der Waals surface area contributed by atoms with E-state index in [2.05, 4.69) is 24.0 Å². The highest BCUT2D eigenvalue weighted by Gasteiger charge is 2.26. The van der Waals surface area contributed by atoms with Gasteiger partial charge in [0.1, 0.15) is 0 Å². The van der Waals surface area contributed by atoms with Crippen LogP contribution in [0.4, 0.5) is 0 Å². The number of nitrogens with zero attached hydrogens (tertiary/aromatic N) is 1. The van der Waals surface area contributed by atoms with Crippen LogP contribution in [0.15, 0.2) is 24.3 Å². The second-order valence-electron chi connectivity index (χ2n) is 6.00. The summed E-state index contributed by atoms with van der Waals surface area (Å²) in [4.78, 5) is 14.7. The molecule has 3 heteroatoms. The molecule has 116 valence electrons. The second-order valence-corrected chi connectivity index (χ2v) is 6.00. The minimum atomic E-state index is 0.197. The molecule has 1 aliphatic carbocycles. The molecule has 21 heavy (non-hydrogen) atoms. The standard InChI is InChI=1S/C18H27NO2/c1-2-5-15-8-10-16(11-9-15)18(21)14-19(12-4-13-20)17-6-3-7-17/h8-11,17,20H,2-7,12-14H2,1H3. The molecular weight excluding hydrogens is 262 g/mol. The fourth-order valence-corrected chi connectivity index (χ4v) is 2.84. The summed E-state index contributed by atoms with van der Waals surface area (Å²) >= 11 is 0. The number of Topliss-reactive ketones (excluding diaryl/α,β-unsaturated/α-hetero) is 1. The summed E-state index contributed by atoms with van der Waals surface area (Å²) in [6.45, 7) is 3.67. The molecule has 0 spiro atoms. The number of aliphatic hydroxyl groups is 1. The van der Waals surface area contributed by atoms with Crippen LogP contribution in [-0.4, -0.2) is 41.5 Å². The van der Waals surface area contributed by atoms with Gasteiger partial charge in [0.25, 0.3) is 0 Å². The third kappa shape index (κ3) is 4.65. The molecular formula is C18H27NO2. The summed E-state index contributed by atoms with van der Waals surface area (Å²) in [6.07, 6.45) is 6.59. The van der Waals surface area contributed by atoms with Crippen LogP contribution >= 0.6 is 0 Å². The molecule has 0 unspecified atom stereocenters. The number of aryl methyl sites for hydroxylation is 1. The normalized spacial score (nSPS) is 15.2. The SMILES string of the molecule is CCCc1ccc(C(=O)CN(CCCO)C2CCC2)cc1. The lowest BCUT2D eigenvalue weighted by Crippen LogP contribution is -2.43. The van der Waals surface area contributed by atoms with E-state index in [4.69, 9.17) is 5.11 Å². The first-order chi connectivity index (χ1) is 10.2. The molecule has 2 rings (SSSR count). The zero-order valence-corrected chi connectivity index (χ0v) is 13.1. The Morgan fingerprint density at radius 1 is 1.29 bits per heavy atom. The van der Waals surface area contributed by atoms with Crippen LogP contribution in [0.3, 0.4) is 0 Å². The van der Waals surface area contributed by atoms with Gasteiger partial charge in [-0.15, -0.1) is 0 Å². The summed E-state index contributed by atoms with van der Waals surface area (Å²) in [7, 11) is 0. The molecule has 0 aromatic heterocycles. The molecule has 1 aromatic rings. The van der Waals surface area contributed by atoms with Crippen molar-refractivity contribution in [2.24, 2.45) is 0 Å². The minimum Gasteiger partial charge on any atom is -0.396 e. The van der Waals surface area contributed by atoms with E-state index in [1.165, 1.54) is 24.8 Å². The third-order valence-corrected chi connectivity index (χ3v) is 4.36. The Morgan fingerprint density at radius 2 is 2.00 bits per heavy atom. The molecule has 0 atom stereocenters. The number of hydrogen-bond donors (Lipinski definition) is 1. The van der Waals surface area contributed by atoms with E-state index in [-0.39, 0.29) is 12.4 Å². The zero-order chi connectivity index (χ0) is 15.1. The van der Waals surface area contributed by atoms with Gasteiger partial charge in [0, 0.05) is 24.8 Å². The van der Waals surface area contributed by atoms with Crippen molar-refractivity contribution >= 4 is 5.78 Å². The van der Waals surface area contributed by atoms with Gasteiger partial charge < -0.3 is 5.11 Å². The average molecular weight is 289 g/mol. The van der Waals surface area contributed by atoms with Crippen LogP contribution in [0.2, 0.25) is 0 Å². The van der Waals surface area contributed by atoms with Crippen LogP contribution in [0.1, 0.15) is 54.9 Å². The van der Waals surface area contributed by atoms with Crippen LogP contribution < -0.4 is 0 Å². The molecule has 3 nitrogen and oxygen atoms in total. The molecule has 1 aliphatic rings. The molecule has 1 saturated carbocycles. The Hall–Kier alpha value is -1.19. The monoisotopic (exact) mass is 289 g/mol. The van der Waals surface area contributed by atoms with Crippen LogP contribution in [0, 0.1) is 0 Å². The summed E-state index contributed by atoms with van der Waals surface area (Å²) in [5.74, 6) is 0.197. The van der Waals surface area contributed by atoms with Gasteiger partial charge in [0.2, 0.25) is 0 Å². The molecule has 0 amide bonds. The average Bonchev–Trinajstić information content (AvgIpc) is 2.44. The molecule has 0 heterocycles. The molecule has 0 saturated heterocycles. The van der Waals surface area contributed by atoms with Crippen molar-refractivity contribution in [2.75, 3.05) is 19.7 Å². The highest BCUT2D eigenvalue weighted by molar-refractivity contribution is 5.97. The van der Waals surface area contributed by atoms with Gasteiger partial charge in [0.05, 0.1) is 6.54 Å². The van der Waals surface area contributed by atoms with Crippen molar-refractivity contribution in [3.63, 3.8) is 0 Å². The highest BCUT2D eigenvalue weighted by atomic mass is 16.3. The van der Waals surface area contributed by atoms with Gasteiger partial charge in [-0.3, -0.25) is 9.69 Å². The Labute approximate surface area is 128 Å². The van der Waals surface area contributed by atoms with Gasteiger partial charge in [-0.2, -0.15) is 0 Å². The summed E-state index contributed by atoms with van der Waals surface area (Å²) in [5.41, 5.74) is 2.10. The Morgan fingerprint density at radius 3 is 2.52 bits per heavy atom. The quantitative estimate of drug-likeness (QED) is 0.710. The van der Waals surface area contributed by atoms with Crippen molar-refractivity contribution in [3.8, 4) is 0 Å². The molecule has 0 aliphatic heterocycles. The topological polar surface area (TPSA) is 40.5 Å². The van der Waals surface area contributed by atoms with Gasteiger partial charge >= 0.3 is 0 Å². The first kappa shape index (κ1) is 16.2. The van der Waals surface area contributed by atoms with Crippen LogP contribution in [0.5, 0.6) is 0 Å². The van der Waals surface area contributed by atoms with E-state index in [0.717, 1.165) is 31.4 Å². The maximum atomic E-state index is 12.4. The zero-order valence-electron chi connectivity index (χ0n) is 13.1. The van der Waals surface area contributed by atoms with E-state index in [0.29, 0.717) is 12.6 Å². The van der Waals surface area contributed by atoms with Crippen LogP contribution in [0.25, 0.3) is 0 Å². The largest absolute Gasteiger partial charge is 0.396 e. The van der Waals surface area contributed by atoms with E-state index < -0.39 is 0 Å². The minimum absolute atomic E-state index is 0.197. The maximum Gasteiger partial charge on any atom is 0.176 e. The number of rotatable bonds is 9. The number of aliphatic hydroxyl groups excluding tert-OH is 1. The summed E-state index contributed by atoms with van der Waals surface area (Å²) in [5, 5.41) is 9.01. The van der Waals surface area contributed by atoms with E-state index >= 15 is 0 Å². The van der Waals surface area contributed by atoms with E-state index in [1.807, 2.05) is 12.1 Å². The molecule has 0 bridgehead atoms. The van der Waals surface area contributed by atoms with Crippen molar-refractivity contribution in [2.45, 2.75) is 51.5 Å². The van der Waals surface area contributed by atoms with Crippen molar-refractivity contribution in [3.05, 3.63) is 35.4 Å². The fourth-order valence-electron chi connectivity index (χ4n) is 2.84. The van der Waals surface area contributed by atoms with Crippen molar-refractivity contribution in [1.29, 1.82) is 0 Å². The first-order valence-electron chi connectivity index (χ1n) is 8.21. The number of hydrogen-bond acceptors (Lipinski definition) is 3. The van der Waals surface area contributed by atoms with Gasteiger partial charge in [-0.05, 0) is 31.2 Å². The predicted molar refractivity (Wildman–Crippen MR) is 85.7 cm³/mol. The van der Waals surface area contributed by atoms with Crippen molar-refractivity contribution < 1.29 is 9.90 Å². The fraction of sp³-hybridized carbons (Fsp3) is 0.611. The molecule has 1 fully saturated rings.